The summed E-state index contributed by atoms with van der Waals surface area (Å²) in [5.74, 6) is -1.76. The lowest BCUT2D eigenvalue weighted by Crippen LogP contribution is -2.30. The third kappa shape index (κ3) is 2.67. The summed E-state index contributed by atoms with van der Waals surface area (Å²) in [5, 5.41) is 2.23. The number of amides is 1. The van der Waals surface area contributed by atoms with E-state index in [0.29, 0.717) is 0 Å². The molecule has 144 valence electrons. The molecule has 1 aromatic heterocycles. The second-order valence-corrected chi connectivity index (χ2v) is 9.49. The Morgan fingerprint density at radius 2 is 1.57 bits per heavy atom. The third-order valence-electron chi connectivity index (χ3n) is 4.00. The number of anilines is 2. The Kier molecular flexibility index (Phi) is 4.01. The van der Waals surface area contributed by atoms with Crippen LogP contribution in [0.25, 0.3) is 0 Å². The molecule has 0 saturated heterocycles. The predicted octanol–water partition coefficient (Wildman–Crippen LogP) is 2.57. The number of sulfonamides is 2. The molecule has 0 spiro atoms. The lowest BCUT2D eigenvalue weighted by atomic mass is 10.2. The van der Waals surface area contributed by atoms with Crippen molar-refractivity contribution in [2.45, 2.75) is 9.79 Å². The van der Waals surface area contributed by atoms with Crippen molar-refractivity contribution in [3.63, 3.8) is 0 Å². The summed E-state index contributed by atoms with van der Waals surface area (Å²) in [6.45, 7) is 0. The van der Waals surface area contributed by atoms with Gasteiger partial charge in [-0.1, -0.05) is 12.1 Å². The molecule has 0 fully saturated rings. The number of hydrogen-bond donors (Lipinski definition) is 1. The number of benzene rings is 2. The van der Waals surface area contributed by atoms with E-state index in [-0.39, 0.29) is 24.9 Å². The molecule has 4 rings (SSSR count). The Bertz CT molecular complexity index is 1250. The zero-order chi connectivity index (χ0) is 20.1. The highest BCUT2D eigenvalue weighted by atomic mass is 32.3. The van der Waals surface area contributed by atoms with Crippen molar-refractivity contribution < 1.29 is 30.4 Å². The molecule has 1 aliphatic heterocycles. The summed E-state index contributed by atoms with van der Waals surface area (Å²) < 4.78 is 70.3. The number of fused-ring (bicyclic) bond motifs is 1. The number of furan rings is 1. The van der Waals surface area contributed by atoms with Crippen LogP contribution in [0.2, 0.25) is 0 Å². The maximum absolute atomic E-state index is 14.1. The number of hydrogen-bond acceptors (Lipinski definition) is 6. The van der Waals surface area contributed by atoms with E-state index in [0.717, 1.165) is 18.2 Å². The number of nitrogens with zero attached hydrogens (tertiary/aromatic N) is 1. The number of nitrogens with one attached hydrogen (secondary N) is 1. The Hall–Kier alpha value is -3.18. The predicted molar refractivity (Wildman–Crippen MR) is 96.4 cm³/mol. The van der Waals surface area contributed by atoms with E-state index in [2.05, 4.69) is 5.32 Å². The maximum Gasteiger partial charge on any atom is 0.291 e. The van der Waals surface area contributed by atoms with Crippen LogP contribution in [0.4, 0.5) is 15.8 Å². The van der Waals surface area contributed by atoms with Crippen LogP contribution in [0, 0.1) is 5.82 Å². The van der Waals surface area contributed by atoms with Gasteiger partial charge in [-0.05, 0) is 42.5 Å². The molecule has 1 aliphatic rings. The summed E-state index contributed by atoms with van der Waals surface area (Å²) in [4.78, 5) is 11.3. The van der Waals surface area contributed by atoms with Crippen molar-refractivity contribution in [3.8, 4) is 0 Å². The summed E-state index contributed by atoms with van der Waals surface area (Å²) in [7, 11) is -8.83. The molecule has 0 bridgehead atoms. The van der Waals surface area contributed by atoms with Crippen LogP contribution in [-0.4, -0.2) is 22.7 Å². The van der Waals surface area contributed by atoms with E-state index in [1.54, 1.807) is 0 Å². The highest BCUT2D eigenvalue weighted by molar-refractivity contribution is 8.12. The van der Waals surface area contributed by atoms with Gasteiger partial charge in [-0.2, -0.15) is 20.5 Å². The molecule has 2 heterocycles. The van der Waals surface area contributed by atoms with Crippen LogP contribution >= 0.6 is 0 Å². The highest BCUT2D eigenvalue weighted by Crippen LogP contribution is 2.40. The largest absolute Gasteiger partial charge is 0.459 e. The quantitative estimate of drug-likeness (QED) is 0.694. The first-order chi connectivity index (χ1) is 13.2. The molecule has 1 N–H and O–H groups in total. The topological polar surface area (TPSA) is 114 Å². The zero-order valence-corrected chi connectivity index (χ0v) is 15.5. The highest BCUT2D eigenvalue weighted by Gasteiger charge is 2.47. The lowest BCUT2D eigenvalue weighted by Gasteiger charge is -2.17. The van der Waals surface area contributed by atoms with Crippen molar-refractivity contribution in [3.05, 3.63) is 72.4 Å². The van der Waals surface area contributed by atoms with E-state index in [1.165, 1.54) is 42.7 Å². The normalized spacial score (nSPS) is 16.5. The smallest absolute Gasteiger partial charge is 0.291 e. The lowest BCUT2D eigenvalue weighted by molar-refractivity contribution is 0.0996. The van der Waals surface area contributed by atoms with Gasteiger partial charge in [-0.25, -0.2) is 4.39 Å². The molecule has 0 atom stereocenters. The van der Waals surface area contributed by atoms with Crippen molar-refractivity contribution in [2.24, 2.45) is 0 Å². The monoisotopic (exact) mass is 422 g/mol. The summed E-state index contributed by atoms with van der Waals surface area (Å²) in [6, 6.07) is 10.7. The fraction of sp³-hybridized carbons (Fsp3) is 0. The number of rotatable bonds is 3. The average molecular weight is 422 g/mol. The van der Waals surface area contributed by atoms with Crippen LogP contribution in [-0.2, 0) is 20.0 Å². The maximum atomic E-state index is 14.1. The second-order valence-electron chi connectivity index (χ2n) is 5.75. The van der Waals surface area contributed by atoms with Crippen molar-refractivity contribution in [2.75, 3.05) is 9.03 Å². The fourth-order valence-electron chi connectivity index (χ4n) is 2.78. The minimum atomic E-state index is -4.42. The minimum absolute atomic E-state index is 0.0985. The summed E-state index contributed by atoms with van der Waals surface area (Å²) in [6.07, 6.45) is 1.25. The molecule has 8 nitrogen and oxygen atoms in total. The number of carbonyl (C=O) groups is 1. The SMILES string of the molecule is O=C(Nc1cc(N2S(=O)(=O)c3ccccc3S2(=O)=O)ccc1F)c1ccco1. The van der Waals surface area contributed by atoms with Gasteiger partial charge in [-0.3, -0.25) is 4.79 Å². The van der Waals surface area contributed by atoms with Gasteiger partial charge in [0.2, 0.25) is 0 Å². The van der Waals surface area contributed by atoms with Crippen molar-refractivity contribution in [1.29, 1.82) is 0 Å². The minimum Gasteiger partial charge on any atom is -0.459 e. The van der Waals surface area contributed by atoms with Crippen LogP contribution in [0.5, 0.6) is 0 Å². The van der Waals surface area contributed by atoms with E-state index < -0.39 is 37.5 Å². The number of halogens is 1. The molecule has 2 aromatic carbocycles. The molecular formula is C17H11FN2O6S2. The first kappa shape index (κ1) is 18.2. The molecule has 0 aliphatic carbocycles. The Morgan fingerprint density at radius 1 is 0.929 bits per heavy atom. The molecule has 0 radical (unpaired) electrons. The molecule has 11 heteroatoms. The first-order valence-electron chi connectivity index (χ1n) is 7.77. The Morgan fingerprint density at radius 3 is 2.14 bits per heavy atom. The van der Waals surface area contributed by atoms with Crippen molar-refractivity contribution in [1.82, 2.24) is 0 Å². The molecule has 0 unspecified atom stereocenters. The van der Waals surface area contributed by atoms with Gasteiger partial charge in [0, 0.05) is 0 Å². The van der Waals surface area contributed by atoms with Gasteiger partial charge in [-0.15, -0.1) is 0 Å². The van der Waals surface area contributed by atoms with Gasteiger partial charge in [0.05, 0.1) is 17.6 Å². The van der Waals surface area contributed by atoms with Crippen LogP contribution < -0.4 is 9.03 Å². The molecule has 28 heavy (non-hydrogen) atoms. The van der Waals surface area contributed by atoms with E-state index in [4.69, 9.17) is 4.42 Å². The van der Waals surface area contributed by atoms with Gasteiger partial charge in [0.1, 0.15) is 15.6 Å². The van der Waals surface area contributed by atoms with Crippen LogP contribution in [0.3, 0.4) is 0 Å². The Labute approximate surface area is 159 Å². The molecular weight excluding hydrogens is 411 g/mol. The average Bonchev–Trinajstić information content (AvgIpc) is 3.23. The molecule has 3 aromatic rings. The van der Waals surface area contributed by atoms with Crippen LogP contribution in [0.1, 0.15) is 10.6 Å². The zero-order valence-electron chi connectivity index (χ0n) is 13.9. The summed E-state index contributed by atoms with van der Waals surface area (Å²) >= 11 is 0. The van der Waals surface area contributed by atoms with Gasteiger partial charge in [0.25, 0.3) is 26.0 Å². The third-order valence-corrected chi connectivity index (χ3v) is 8.42. The molecule has 1 amide bonds. The number of carbonyl (C=O) groups excluding carboxylic acids is 1. The van der Waals surface area contributed by atoms with Gasteiger partial charge >= 0.3 is 0 Å². The van der Waals surface area contributed by atoms with E-state index in [1.807, 2.05) is 0 Å². The van der Waals surface area contributed by atoms with Crippen LogP contribution in [0.15, 0.2) is 75.1 Å². The summed E-state index contributed by atoms with van der Waals surface area (Å²) in [5.41, 5.74) is -0.743. The first-order valence-corrected chi connectivity index (χ1v) is 10.6. The van der Waals surface area contributed by atoms with Gasteiger partial charge < -0.3 is 9.73 Å². The second kappa shape index (κ2) is 6.17. The van der Waals surface area contributed by atoms with Crippen molar-refractivity contribution >= 4 is 37.3 Å². The molecule has 0 saturated carbocycles. The van der Waals surface area contributed by atoms with E-state index >= 15 is 0 Å². The van der Waals surface area contributed by atoms with Gasteiger partial charge in [0.15, 0.2) is 5.76 Å². The Balaban J connectivity index is 1.80. The fourth-order valence-corrected chi connectivity index (χ4v) is 7.21. The standard InChI is InChI=1S/C17H11FN2O6S2/c18-12-8-7-11(10-13(12)19-17(21)14-4-3-9-26-14)20-27(22,23)15-5-1-2-6-16(15)28(20,24)25/h1-10H,(H,19,21). The van der Waals surface area contributed by atoms with E-state index in [9.17, 15) is 26.0 Å².